The Kier molecular flexibility index (Phi) is 4.68. The van der Waals surface area contributed by atoms with Gasteiger partial charge >= 0.3 is 0 Å². The lowest BCUT2D eigenvalue weighted by Crippen LogP contribution is -2.24. The van der Waals surface area contributed by atoms with Crippen LogP contribution in [0.15, 0.2) is 127 Å². The maximum Gasteiger partial charge on any atom is 0.0575 e. The molecule has 0 saturated carbocycles. The molecule has 3 heteroatoms. The van der Waals surface area contributed by atoms with Crippen molar-refractivity contribution in [3.63, 3.8) is 0 Å². The standard InChI is InChI=1S/C30H23N3/c31-33(25-8-2-1-3-9-25)26-20-16-23(17-21-26)22-14-18-24(19-15-22)32-29-12-6-4-10-27(29)28-11-5-7-13-30(28)32/h1-21H,31H2. The van der Waals surface area contributed by atoms with Crippen molar-refractivity contribution >= 4 is 33.2 Å². The second-order valence-corrected chi connectivity index (χ2v) is 8.17. The van der Waals surface area contributed by atoms with Crippen LogP contribution in [0.5, 0.6) is 0 Å². The Balaban J connectivity index is 1.34. The molecule has 33 heavy (non-hydrogen) atoms. The van der Waals surface area contributed by atoms with Crippen molar-refractivity contribution in [1.29, 1.82) is 0 Å². The smallest absolute Gasteiger partial charge is 0.0575 e. The van der Waals surface area contributed by atoms with E-state index in [-0.39, 0.29) is 0 Å². The summed E-state index contributed by atoms with van der Waals surface area (Å²) in [6.45, 7) is 0. The van der Waals surface area contributed by atoms with Gasteiger partial charge in [-0.25, -0.2) is 5.84 Å². The number of hydrogen-bond donors (Lipinski definition) is 1. The highest BCUT2D eigenvalue weighted by molar-refractivity contribution is 6.09. The predicted octanol–water partition coefficient (Wildman–Crippen LogP) is 7.46. The summed E-state index contributed by atoms with van der Waals surface area (Å²) in [7, 11) is 0. The lowest BCUT2D eigenvalue weighted by atomic mass is 10.0. The molecule has 0 amide bonds. The molecule has 0 atom stereocenters. The van der Waals surface area contributed by atoms with Crippen LogP contribution in [0.2, 0.25) is 0 Å². The molecule has 5 aromatic carbocycles. The summed E-state index contributed by atoms with van der Waals surface area (Å²) in [4.78, 5) is 0. The predicted molar refractivity (Wildman–Crippen MR) is 139 cm³/mol. The summed E-state index contributed by atoms with van der Waals surface area (Å²) in [5, 5.41) is 4.25. The highest BCUT2D eigenvalue weighted by Crippen LogP contribution is 2.33. The Hall–Kier alpha value is -4.34. The van der Waals surface area contributed by atoms with Crippen LogP contribution in [0.1, 0.15) is 0 Å². The van der Waals surface area contributed by atoms with Gasteiger partial charge in [0.15, 0.2) is 0 Å². The fourth-order valence-electron chi connectivity index (χ4n) is 4.56. The van der Waals surface area contributed by atoms with Gasteiger partial charge in [0.05, 0.1) is 22.4 Å². The molecule has 0 unspecified atom stereocenters. The van der Waals surface area contributed by atoms with E-state index < -0.39 is 0 Å². The van der Waals surface area contributed by atoms with Crippen LogP contribution in [0.25, 0.3) is 38.6 Å². The summed E-state index contributed by atoms with van der Waals surface area (Å²) < 4.78 is 2.34. The molecule has 3 nitrogen and oxygen atoms in total. The molecular weight excluding hydrogens is 402 g/mol. The summed E-state index contributed by atoms with van der Waals surface area (Å²) in [5.74, 6) is 6.30. The minimum absolute atomic E-state index is 0.951. The Morgan fingerprint density at radius 3 is 1.48 bits per heavy atom. The third-order valence-corrected chi connectivity index (χ3v) is 6.22. The number of benzene rings is 5. The van der Waals surface area contributed by atoms with Gasteiger partial charge in [0.25, 0.3) is 0 Å². The van der Waals surface area contributed by atoms with Gasteiger partial charge in [-0.2, -0.15) is 0 Å². The van der Waals surface area contributed by atoms with Crippen LogP contribution >= 0.6 is 0 Å². The van der Waals surface area contributed by atoms with Crippen molar-refractivity contribution in [3.8, 4) is 16.8 Å². The van der Waals surface area contributed by atoms with Crippen molar-refractivity contribution in [3.05, 3.63) is 127 Å². The molecule has 1 heterocycles. The molecule has 2 N–H and O–H groups in total. The Morgan fingerprint density at radius 2 is 0.909 bits per heavy atom. The Morgan fingerprint density at radius 1 is 0.455 bits per heavy atom. The van der Waals surface area contributed by atoms with Gasteiger partial charge in [0.2, 0.25) is 0 Å². The summed E-state index contributed by atoms with van der Waals surface area (Å²) in [6, 6.07) is 44.3. The van der Waals surface area contributed by atoms with Crippen LogP contribution in [0, 0.1) is 0 Å². The number of anilines is 2. The molecular formula is C30H23N3. The molecule has 0 saturated heterocycles. The minimum atomic E-state index is 0.951. The van der Waals surface area contributed by atoms with Crippen LogP contribution in [-0.2, 0) is 0 Å². The first kappa shape index (κ1) is 19.4. The number of rotatable bonds is 4. The number of nitrogens with zero attached hydrogens (tertiary/aromatic N) is 2. The van der Waals surface area contributed by atoms with Crippen LogP contribution < -0.4 is 10.9 Å². The van der Waals surface area contributed by atoms with Gasteiger partial charge in [-0.3, -0.25) is 5.01 Å². The zero-order chi connectivity index (χ0) is 22.2. The maximum atomic E-state index is 6.30. The largest absolute Gasteiger partial charge is 0.309 e. The molecule has 0 aliphatic carbocycles. The molecule has 0 aliphatic heterocycles. The van der Waals surface area contributed by atoms with E-state index in [9.17, 15) is 0 Å². The van der Waals surface area contributed by atoms with Crippen molar-refractivity contribution in [2.24, 2.45) is 5.84 Å². The normalized spacial score (nSPS) is 11.2. The SMILES string of the molecule is NN(c1ccccc1)c1ccc(-c2ccc(-n3c4ccccc4c4ccccc43)cc2)cc1. The van der Waals surface area contributed by atoms with E-state index in [0.717, 1.165) is 22.6 Å². The molecule has 158 valence electrons. The summed E-state index contributed by atoms with van der Waals surface area (Å²) in [5.41, 5.74) is 7.85. The van der Waals surface area contributed by atoms with E-state index in [1.807, 2.05) is 30.3 Å². The molecule has 0 radical (unpaired) electrons. The molecule has 6 aromatic rings. The van der Waals surface area contributed by atoms with E-state index >= 15 is 0 Å². The van der Waals surface area contributed by atoms with Gasteiger partial charge in [0.1, 0.15) is 0 Å². The van der Waals surface area contributed by atoms with Gasteiger partial charge in [-0.05, 0) is 59.7 Å². The number of aromatic nitrogens is 1. The van der Waals surface area contributed by atoms with Crippen LogP contribution in [-0.4, -0.2) is 4.57 Å². The lowest BCUT2D eigenvalue weighted by Gasteiger charge is -2.19. The lowest BCUT2D eigenvalue weighted by molar-refractivity contribution is 1.09. The molecule has 0 bridgehead atoms. The second kappa shape index (κ2) is 7.97. The Bertz CT molecular complexity index is 1490. The third kappa shape index (κ3) is 3.36. The minimum Gasteiger partial charge on any atom is -0.309 e. The van der Waals surface area contributed by atoms with E-state index in [0.29, 0.717) is 0 Å². The zero-order valence-corrected chi connectivity index (χ0v) is 18.1. The monoisotopic (exact) mass is 425 g/mol. The zero-order valence-electron chi connectivity index (χ0n) is 18.1. The number of nitrogens with two attached hydrogens (primary N) is 1. The molecule has 1 aromatic heterocycles. The van der Waals surface area contributed by atoms with Gasteiger partial charge in [-0.15, -0.1) is 0 Å². The average molecular weight is 426 g/mol. The number of para-hydroxylation sites is 3. The number of hydrogen-bond acceptors (Lipinski definition) is 2. The quantitative estimate of drug-likeness (QED) is 0.235. The molecule has 0 spiro atoms. The maximum absolute atomic E-state index is 6.30. The highest BCUT2D eigenvalue weighted by Gasteiger charge is 2.11. The van der Waals surface area contributed by atoms with Gasteiger partial charge < -0.3 is 4.57 Å². The fourth-order valence-corrected chi connectivity index (χ4v) is 4.56. The first-order valence-corrected chi connectivity index (χ1v) is 11.1. The average Bonchev–Trinajstić information content (AvgIpc) is 3.23. The van der Waals surface area contributed by atoms with E-state index in [4.69, 9.17) is 5.84 Å². The number of fused-ring (bicyclic) bond motifs is 3. The van der Waals surface area contributed by atoms with Crippen molar-refractivity contribution < 1.29 is 0 Å². The second-order valence-electron chi connectivity index (χ2n) is 8.17. The van der Waals surface area contributed by atoms with Gasteiger partial charge in [0, 0.05) is 16.5 Å². The van der Waals surface area contributed by atoms with Crippen molar-refractivity contribution in [2.75, 3.05) is 5.01 Å². The third-order valence-electron chi connectivity index (χ3n) is 6.22. The first-order valence-electron chi connectivity index (χ1n) is 11.1. The van der Waals surface area contributed by atoms with E-state index in [1.54, 1.807) is 5.01 Å². The fraction of sp³-hybridized carbons (Fsp3) is 0. The first-order chi connectivity index (χ1) is 16.3. The van der Waals surface area contributed by atoms with Crippen LogP contribution in [0.4, 0.5) is 11.4 Å². The highest BCUT2D eigenvalue weighted by atomic mass is 15.4. The van der Waals surface area contributed by atoms with Crippen molar-refractivity contribution in [2.45, 2.75) is 0 Å². The molecule has 0 fully saturated rings. The molecule has 0 aliphatic rings. The number of hydrazine groups is 1. The summed E-state index contributed by atoms with van der Waals surface area (Å²) >= 11 is 0. The van der Waals surface area contributed by atoms with E-state index in [2.05, 4.69) is 102 Å². The van der Waals surface area contributed by atoms with Crippen molar-refractivity contribution in [1.82, 2.24) is 4.57 Å². The van der Waals surface area contributed by atoms with Gasteiger partial charge in [-0.1, -0.05) is 78.9 Å². The summed E-state index contributed by atoms with van der Waals surface area (Å²) in [6.07, 6.45) is 0. The Labute approximate surface area is 192 Å². The topological polar surface area (TPSA) is 34.2 Å². The van der Waals surface area contributed by atoms with Crippen LogP contribution in [0.3, 0.4) is 0 Å². The van der Waals surface area contributed by atoms with E-state index in [1.165, 1.54) is 27.4 Å². The molecule has 6 rings (SSSR count).